The van der Waals surface area contributed by atoms with Gasteiger partial charge in [0, 0.05) is 6.04 Å². The molecule has 1 aromatic heterocycles. The number of hydrogen-bond donors (Lipinski definition) is 2. The lowest BCUT2D eigenvalue weighted by Crippen LogP contribution is -2.58. The number of nitrogens with one attached hydrogen (secondary N) is 2. The number of fused-ring (bicyclic) bond motifs is 1. The third kappa shape index (κ3) is 1.86. The van der Waals surface area contributed by atoms with Crippen molar-refractivity contribution in [3.8, 4) is 0 Å². The van der Waals surface area contributed by atoms with Crippen LogP contribution in [-0.4, -0.2) is 34.2 Å². The van der Waals surface area contributed by atoms with Crippen molar-refractivity contribution < 1.29 is 0 Å². The quantitative estimate of drug-likeness (QED) is 0.510. The van der Waals surface area contributed by atoms with Gasteiger partial charge in [-0.2, -0.15) is 4.98 Å². The lowest BCUT2D eigenvalue weighted by Gasteiger charge is -2.48. The van der Waals surface area contributed by atoms with Crippen LogP contribution >= 0.6 is 11.6 Å². The summed E-state index contributed by atoms with van der Waals surface area (Å²) in [5, 5.41) is 16.1. The van der Waals surface area contributed by atoms with Crippen LogP contribution in [-0.2, 0) is 0 Å². The monoisotopic (exact) mass is 292 g/mol. The molecule has 1 aromatic rings. The average Bonchev–Trinajstić information content (AvgIpc) is 2.38. The standard InChI is InChI=1S/C13H17ClN6/c1-2-9-11(16)19(7-15)10-6-17-13(14)18-12(10)20(9)8-4-3-5-8/h6-9,15-16H,2-5H2,1H3/t9-/m1/s1. The molecule has 2 N–H and O–H groups in total. The van der Waals surface area contributed by atoms with E-state index < -0.39 is 0 Å². The first-order chi connectivity index (χ1) is 9.67. The number of nitrogens with zero attached hydrogens (tertiary/aromatic N) is 4. The van der Waals surface area contributed by atoms with Crippen LogP contribution in [0.15, 0.2) is 6.20 Å². The van der Waals surface area contributed by atoms with Gasteiger partial charge in [-0.25, -0.2) is 4.98 Å². The molecule has 6 nitrogen and oxygen atoms in total. The molecule has 1 fully saturated rings. The van der Waals surface area contributed by atoms with Gasteiger partial charge in [0.15, 0.2) is 5.82 Å². The highest BCUT2D eigenvalue weighted by Crippen LogP contribution is 2.40. The maximum Gasteiger partial charge on any atom is 0.224 e. The van der Waals surface area contributed by atoms with Crippen molar-refractivity contribution in [3.05, 3.63) is 11.5 Å². The number of rotatable bonds is 3. The molecular weight excluding hydrogens is 276 g/mol. The van der Waals surface area contributed by atoms with Crippen LogP contribution in [0.1, 0.15) is 32.6 Å². The van der Waals surface area contributed by atoms with Gasteiger partial charge < -0.3 is 4.90 Å². The van der Waals surface area contributed by atoms with Gasteiger partial charge in [0.1, 0.15) is 11.5 Å². The Balaban J connectivity index is 2.14. The molecule has 1 aliphatic carbocycles. The molecule has 0 bridgehead atoms. The first kappa shape index (κ1) is 13.3. The number of aromatic nitrogens is 2. The van der Waals surface area contributed by atoms with Crippen molar-refractivity contribution >= 4 is 35.3 Å². The Morgan fingerprint density at radius 1 is 1.50 bits per heavy atom. The number of amidine groups is 1. The van der Waals surface area contributed by atoms with Crippen molar-refractivity contribution in [3.63, 3.8) is 0 Å². The fourth-order valence-corrected chi connectivity index (χ4v) is 3.03. The van der Waals surface area contributed by atoms with Crippen LogP contribution in [0.5, 0.6) is 0 Å². The molecule has 0 unspecified atom stereocenters. The maximum atomic E-state index is 8.36. The Morgan fingerprint density at radius 2 is 2.25 bits per heavy atom. The first-order valence-corrected chi connectivity index (χ1v) is 7.24. The lowest BCUT2D eigenvalue weighted by atomic mass is 9.88. The largest absolute Gasteiger partial charge is 0.342 e. The van der Waals surface area contributed by atoms with E-state index in [0.29, 0.717) is 17.6 Å². The highest BCUT2D eigenvalue weighted by atomic mass is 35.5. The molecule has 0 saturated heterocycles. The molecule has 3 rings (SSSR count). The second-order valence-corrected chi connectivity index (χ2v) is 5.49. The second-order valence-electron chi connectivity index (χ2n) is 5.15. The van der Waals surface area contributed by atoms with E-state index >= 15 is 0 Å². The maximum absolute atomic E-state index is 8.36. The van der Waals surface area contributed by atoms with Gasteiger partial charge in [-0.1, -0.05) is 6.92 Å². The summed E-state index contributed by atoms with van der Waals surface area (Å²) in [4.78, 5) is 12.1. The minimum atomic E-state index is -0.0552. The molecule has 2 heterocycles. The SMILES string of the molecule is CC[C@@H]1C(=N)N(C=N)c2cnc(Cl)nc2N1C1CCC1. The van der Waals surface area contributed by atoms with E-state index in [9.17, 15) is 0 Å². The number of hydrogen-bond acceptors (Lipinski definition) is 5. The van der Waals surface area contributed by atoms with Crippen LogP contribution in [0.3, 0.4) is 0 Å². The smallest absolute Gasteiger partial charge is 0.224 e. The first-order valence-electron chi connectivity index (χ1n) is 6.86. The fourth-order valence-electron chi connectivity index (χ4n) is 2.90. The summed E-state index contributed by atoms with van der Waals surface area (Å²) in [5.74, 6) is 1.16. The third-order valence-corrected chi connectivity index (χ3v) is 4.30. The van der Waals surface area contributed by atoms with Crippen LogP contribution in [0, 0.1) is 10.8 Å². The highest BCUT2D eigenvalue weighted by Gasteiger charge is 2.40. The summed E-state index contributed by atoms with van der Waals surface area (Å²) < 4.78 is 0. The van der Waals surface area contributed by atoms with E-state index in [1.165, 1.54) is 11.3 Å². The molecule has 106 valence electrons. The van der Waals surface area contributed by atoms with Crippen LogP contribution in [0.4, 0.5) is 11.5 Å². The molecule has 0 spiro atoms. The number of anilines is 2. The zero-order valence-corrected chi connectivity index (χ0v) is 12.1. The van der Waals surface area contributed by atoms with Gasteiger partial charge in [0.2, 0.25) is 5.28 Å². The molecule has 2 aliphatic rings. The summed E-state index contributed by atoms with van der Waals surface area (Å²) in [7, 11) is 0. The molecule has 1 atom stereocenters. The van der Waals surface area contributed by atoms with E-state index in [-0.39, 0.29) is 11.3 Å². The van der Waals surface area contributed by atoms with Crippen molar-refractivity contribution in [2.45, 2.75) is 44.7 Å². The molecule has 1 aliphatic heterocycles. The topological polar surface area (TPSA) is 80.0 Å². The average molecular weight is 293 g/mol. The highest BCUT2D eigenvalue weighted by molar-refractivity contribution is 6.28. The van der Waals surface area contributed by atoms with Crippen molar-refractivity contribution in [2.24, 2.45) is 0 Å². The minimum Gasteiger partial charge on any atom is -0.342 e. The van der Waals surface area contributed by atoms with E-state index in [1.54, 1.807) is 6.20 Å². The van der Waals surface area contributed by atoms with Crippen molar-refractivity contribution in [1.82, 2.24) is 9.97 Å². The van der Waals surface area contributed by atoms with Gasteiger partial charge in [0.05, 0.1) is 18.6 Å². The van der Waals surface area contributed by atoms with Gasteiger partial charge >= 0.3 is 0 Å². The Labute approximate surface area is 122 Å². The van der Waals surface area contributed by atoms with E-state index in [0.717, 1.165) is 31.4 Å². The summed E-state index contributed by atoms with van der Waals surface area (Å²) >= 11 is 5.95. The van der Waals surface area contributed by atoms with E-state index in [2.05, 4.69) is 21.8 Å². The Bertz CT molecular complexity index is 556. The summed E-state index contributed by atoms with van der Waals surface area (Å²) in [6, 6.07) is 0.360. The third-order valence-electron chi connectivity index (χ3n) is 4.12. The molecule has 20 heavy (non-hydrogen) atoms. The van der Waals surface area contributed by atoms with Crippen LogP contribution in [0.25, 0.3) is 0 Å². The summed E-state index contributed by atoms with van der Waals surface area (Å²) in [6.07, 6.45) is 7.01. The Morgan fingerprint density at radius 3 is 2.80 bits per heavy atom. The molecule has 1 saturated carbocycles. The van der Waals surface area contributed by atoms with Gasteiger partial charge in [0.25, 0.3) is 0 Å². The van der Waals surface area contributed by atoms with E-state index in [1.807, 2.05) is 0 Å². The normalized spacial score (nSPS) is 22.5. The minimum absolute atomic E-state index is 0.0552. The lowest BCUT2D eigenvalue weighted by molar-refractivity contribution is 0.369. The zero-order chi connectivity index (χ0) is 14.3. The fraction of sp³-hybridized carbons (Fsp3) is 0.538. The zero-order valence-electron chi connectivity index (χ0n) is 11.3. The predicted octanol–water partition coefficient (Wildman–Crippen LogP) is 2.67. The van der Waals surface area contributed by atoms with Gasteiger partial charge in [-0.15, -0.1) is 0 Å². The molecular formula is C13H17ClN6. The molecule has 0 radical (unpaired) electrons. The summed E-state index contributed by atoms with van der Waals surface area (Å²) in [6.45, 7) is 2.06. The predicted molar refractivity (Wildman–Crippen MR) is 80.2 cm³/mol. The van der Waals surface area contributed by atoms with E-state index in [4.69, 9.17) is 22.4 Å². The van der Waals surface area contributed by atoms with Gasteiger partial charge in [-0.05, 0) is 37.3 Å². The molecule has 0 aromatic carbocycles. The van der Waals surface area contributed by atoms with Gasteiger partial charge in [-0.3, -0.25) is 15.7 Å². The Kier molecular flexibility index (Phi) is 3.33. The van der Waals surface area contributed by atoms with Crippen molar-refractivity contribution in [1.29, 1.82) is 10.8 Å². The second kappa shape index (κ2) is 5.01. The molecule has 0 amide bonds. The van der Waals surface area contributed by atoms with Crippen LogP contribution in [0.2, 0.25) is 5.28 Å². The number of halogens is 1. The Hall–Kier alpha value is -1.69. The summed E-state index contributed by atoms with van der Waals surface area (Å²) in [5.41, 5.74) is 0.672. The van der Waals surface area contributed by atoms with Crippen LogP contribution < -0.4 is 9.80 Å². The molecule has 7 heteroatoms. The van der Waals surface area contributed by atoms with Crippen molar-refractivity contribution in [2.75, 3.05) is 9.80 Å².